The first kappa shape index (κ1) is 24.9. The summed E-state index contributed by atoms with van der Waals surface area (Å²) in [5, 5.41) is 22.8. The van der Waals surface area contributed by atoms with Crippen molar-refractivity contribution in [3.8, 4) is 17.1 Å². The van der Waals surface area contributed by atoms with Gasteiger partial charge in [0.1, 0.15) is 5.82 Å². The minimum Gasteiger partial charge on any atom is -0.480 e. The number of β-amino-alcohol motifs (C(OH)–C–C–N with tert-alkyl or cyclic N) is 1. The predicted molar refractivity (Wildman–Crippen MR) is 131 cm³/mol. The lowest BCUT2D eigenvalue weighted by molar-refractivity contribution is 0.00233. The molecule has 2 aromatic heterocycles. The van der Waals surface area contributed by atoms with Crippen LogP contribution in [0.25, 0.3) is 11.3 Å². The molecule has 3 unspecified atom stereocenters. The van der Waals surface area contributed by atoms with Gasteiger partial charge in [0.2, 0.25) is 11.8 Å². The van der Waals surface area contributed by atoms with E-state index in [4.69, 9.17) is 20.3 Å². The van der Waals surface area contributed by atoms with Crippen molar-refractivity contribution in [3.05, 3.63) is 58.9 Å². The van der Waals surface area contributed by atoms with E-state index in [9.17, 15) is 14.6 Å². The highest BCUT2D eigenvalue weighted by atomic mass is 19.1. The molecule has 2 aliphatic heterocycles. The van der Waals surface area contributed by atoms with Crippen LogP contribution < -0.4 is 21.3 Å². The summed E-state index contributed by atoms with van der Waals surface area (Å²) in [6.45, 7) is 2.13. The number of fused-ring (bicyclic) bond motifs is 1. The molecule has 37 heavy (non-hydrogen) atoms. The number of nitrogen functional groups attached to an aromatic ring is 1. The second-order valence-corrected chi connectivity index (χ2v) is 8.85. The number of aliphatic imine (C=N–C) groups is 1. The van der Waals surface area contributed by atoms with E-state index in [2.05, 4.69) is 30.7 Å². The molecule has 0 bridgehead atoms. The Morgan fingerprint density at radius 1 is 1.22 bits per heavy atom. The largest absolute Gasteiger partial charge is 0.480 e. The summed E-state index contributed by atoms with van der Waals surface area (Å²) in [5.74, 6) is 0.355. The molecule has 1 saturated heterocycles. The number of aromatic nitrogens is 4. The molecular formula is C24H27FN8O4. The molecule has 1 aromatic carbocycles. The Morgan fingerprint density at radius 3 is 2.81 bits per heavy atom. The summed E-state index contributed by atoms with van der Waals surface area (Å²) in [6.07, 6.45) is 1.56. The van der Waals surface area contributed by atoms with Gasteiger partial charge in [0.15, 0.2) is 5.84 Å². The molecule has 194 valence electrons. The van der Waals surface area contributed by atoms with E-state index >= 15 is 0 Å². The summed E-state index contributed by atoms with van der Waals surface area (Å²) < 4.78 is 19.5. The zero-order chi connectivity index (χ0) is 26.1. The highest BCUT2D eigenvalue weighted by Crippen LogP contribution is 2.36. The smallest absolute Gasteiger partial charge is 0.232 e. The number of ether oxygens (including phenoxy) is 1. The normalized spacial score (nSPS) is 22.9. The number of aliphatic hydroxyl groups is 2. The number of benzene rings is 1. The van der Waals surface area contributed by atoms with Gasteiger partial charge in [0, 0.05) is 18.5 Å². The molecule has 0 saturated carbocycles. The quantitative estimate of drug-likeness (QED) is 0.287. The third kappa shape index (κ3) is 5.06. The number of rotatable bonds is 6. The summed E-state index contributed by atoms with van der Waals surface area (Å²) in [5.41, 5.74) is 12.4. The number of anilines is 1. The number of aliphatic hydroxyl groups excluding tert-OH is 2. The summed E-state index contributed by atoms with van der Waals surface area (Å²) in [6, 6.07) is 3.44. The van der Waals surface area contributed by atoms with Crippen LogP contribution in [0.15, 0.2) is 35.6 Å². The molecule has 1 fully saturated rings. The van der Waals surface area contributed by atoms with Crippen LogP contribution in [-0.4, -0.2) is 74.5 Å². The number of hydrogen-bond acceptors (Lipinski definition) is 12. The number of nitrogens with zero attached hydrogens (tertiary/aromatic N) is 5. The number of nitrogens with two attached hydrogens (primary N) is 1. The van der Waals surface area contributed by atoms with Crippen molar-refractivity contribution in [2.45, 2.75) is 37.6 Å². The van der Waals surface area contributed by atoms with Crippen molar-refractivity contribution in [2.75, 3.05) is 26.0 Å². The maximum Gasteiger partial charge on any atom is 0.232 e. The van der Waals surface area contributed by atoms with Crippen molar-refractivity contribution < 1.29 is 24.2 Å². The Labute approximate surface area is 211 Å². The van der Waals surface area contributed by atoms with Gasteiger partial charge in [0.25, 0.3) is 0 Å². The summed E-state index contributed by atoms with van der Waals surface area (Å²) in [4.78, 5) is 27.8. The Kier molecular flexibility index (Phi) is 6.93. The zero-order valence-corrected chi connectivity index (χ0v) is 20.2. The lowest BCUT2D eigenvalue weighted by Gasteiger charge is -2.26. The lowest BCUT2D eigenvalue weighted by Crippen LogP contribution is -2.41. The SMILES string of the molecule is COc1cncc(-c2cc(F)ccc2[C@H]2Cc3nc(N)nc(C)c3C(NOCC3NCC(O)C3O)=N2)n1. The van der Waals surface area contributed by atoms with Crippen LogP contribution in [0.2, 0.25) is 0 Å². The molecular weight excluding hydrogens is 483 g/mol. The molecule has 13 heteroatoms. The van der Waals surface area contributed by atoms with Crippen LogP contribution in [0, 0.1) is 12.7 Å². The minimum atomic E-state index is -0.953. The zero-order valence-electron chi connectivity index (χ0n) is 20.2. The fourth-order valence-corrected chi connectivity index (χ4v) is 4.57. The van der Waals surface area contributed by atoms with E-state index in [-0.39, 0.29) is 19.1 Å². The van der Waals surface area contributed by atoms with Gasteiger partial charge in [-0.3, -0.25) is 14.8 Å². The maximum atomic E-state index is 14.3. The van der Waals surface area contributed by atoms with Gasteiger partial charge in [-0.2, -0.15) is 0 Å². The van der Waals surface area contributed by atoms with E-state index in [0.29, 0.717) is 51.9 Å². The fraction of sp³-hybridized carbons (Fsp3) is 0.375. The van der Waals surface area contributed by atoms with Gasteiger partial charge in [-0.05, 0) is 24.6 Å². The Balaban J connectivity index is 1.50. The van der Waals surface area contributed by atoms with Crippen LogP contribution in [0.4, 0.5) is 10.3 Å². The van der Waals surface area contributed by atoms with Gasteiger partial charge in [-0.25, -0.2) is 24.8 Å². The van der Waals surface area contributed by atoms with Crippen LogP contribution in [-0.2, 0) is 11.3 Å². The number of hydrogen-bond donors (Lipinski definition) is 5. The van der Waals surface area contributed by atoms with Crippen LogP contribution in [0.1, 0.15) is 28.6 Å². The number of hydroxylamine groups is 1. The monoisotopic (exact) mass is 510 g/mol. The molecule has 3 aromatic rings. The van der Waals surface area contributed by atoms with Gasteiger partial charge in [0.05, 0.1) is 73.0 Å². The number of aryl methyl sites for hydroxylation is 1. The van der Waals surface area contributed by atoms with Crippen molar-refractivity contribution in [3.63, 3.8) is 0 Å². The number of halogens is 1. The van der Waals surface area contributed by atoms with Gasteiger partial charge < -0.3 is 26.0 Å². The van der Waals surface area contributed by atoms with Gasteiger partial charge in [-0.1, -0.05) is 6.07 Å². The van der Waals surface area contributed by atoms with Crippen molar-refractivity contribution in [2.24, 2.45) is 4.99 Å². The second-order valence-electron chi connectivity index (χ2n) is 8.85. The fourth-order valence-electron chi connectivity index (χ4n) is 4.57. The van der Waals surface area contributed by atoms with E-state index in [1.807, 2.05) is 0 Å². The highest BCUT2D eigenvalue weighted by molar-refractivity contribution is 6.01. The molecule has 12 nitrogen and oxygen atoms in total. The number of amidine groups is 1. The Morgan fingerprint density at radius 2 is 2.05 bits per heavy atom. The minimum absolute atomic E-state index is 0.0628. The average molecular weight is 511 g/mol. The standard InChI is InChI=1S/C24H27FN8O4/c1-11-21-16(32-24(26)29-11)6-15(31-23(21)33-37-10-18-22(35)19(34)8-28-18)13-4-3-12(25)5-14(13)17-7-27-9-20(30-17)36-2/h3-5,7,9,15,18-19,22,28,34-35H,6,8,10H2,1-2H3,(H,31,33)(H2,26,29,32)/t15-,18?,19?,22?/m1/s1. The van der Waals surface area contributed by atoms with Crippen molar-refractivity contribution in [1.82, 2.24) is 30.7 Å². The Hall–Kier alpha value is -3.78. The maximum absolute atomic E-state index is 14.3. The first-order chi connectivity index (χ1) is 17.8. The lowest BCUT2D eigenvalue weighted by atomic mass is 9.91. The summed E-state index contributed by atoms with van der Waals surface area (Å²) >= 11 is 0. The van der Waals surface area contributed by atoms with Crippen LogP contribution in [0.5, 0.6) is 5.88 Å². The van der Waals surface area contributed by atoms with Gasteiger partial charge in [-0.15, -0.1) is 0 Å². The summed E-state index contributed by atoms with van der Waals surface area (Å²) in [7, 11) is 1.48. The van der Waals surface area contributed by atoms with E-state index in [1.165, 1.54) is 31.6 Å². The highest BCUT2D eigenvalue weighted by Gasteiger charge is 2.34. The topological polar surface area (TPSA) is 173 Å². The molecule has 2 aliphatic rings. The van der Waals surface area contributed by atoms with E-state index < -0.39 is 30.1 Å². The predicted octanol–water partition coefficient (Wildman–Crippen LogP) is 0.231. The third-order valence-electron chi connectivity index (χ3n) is 6.39. The van der Waals surface area contributed by atoms with Crippen LogP contribution in [0.3, 0.4) is 0 Å². The van der Waals surface area contributed by atoms with Crippen LogP contribution >= 0.6 is 0 Å². The third-order valence-corrected chi connectivity index (χ3v) is 6.39. The average Bonchev–Trinajstić information content (AvgIpc) is 3.20. The molecule has 0 spiro atoms. The molecule has 4 atom stereocenters. The van der Waals surface area contributed by atoms with E-state index in [0.717, 1.165) is 0 Å². The van der Waals surface area contributed by atoms with E-state index in [1.54, 1.807) is 13.0 Å². The molecule has 0 amide bonds. The van der Waals surface area contributed by atoms with Crippen molar-refractivity contribution in [1.29, 1.82) is 0 Å². The van der Waals surface area contributed by atoms with Gasteiger partial charge >= 0.3 is 0 Å². The molecule has 5 rings (SSSR count). The first-order valence-electron chi connectivity index (χ1n) is 11.7. The first-order valence-corrected chi connectivity index (χ1v) is 11.7. The molecule has 0 aliphatic carbocycles. The second kappa shape index (κ2) is 10.3. The molecule has 6 N–H and O–H groups in total. The number of nitrogens with one attached hydrogen (secondary N) is 2. The molecule has 4 heterocycles. The molecule has 0 radical (unpaired) electrons. The number of methoxy groups -OCH3 is 1. The van der Waals surface area contributed by atoms with Crippen molar-refractivity contribution >= 4 is 11.8 Å². The Bertz CT molecular complexity index is 1340.